The van der Waals surface area contributed by atoms with Gasteiger partial charge in [0.05, 0.1) is 11.9 Å². The minimum Gasteiger partial charge on any atom is -0.361 e. The summed E-state index contributed by atoms with van der Waals surface area (Å²) in [6.07, 6.45) is 1.48. The zero-order valence-electron chi connectivity index (χ0n) is 11.5. The molecule has 1 unspecified atom stereocenters. The van der Waals surface area contributed by atoms with Crippen LogP contribution in [0.15, 0.2) is 30.6 Å². The summed E-state index contributed by atoms with van der Waals surface area (Å²) in [5.41, 5.74) is 1.03. The lowest BCUT2D eigenvalue weighted by Crippen LogP contribution is -2.27. The predicted molar refractivity (Wildman–Crippen MR) is 71.6 cm³/mol. The van der Waals surface area contributed by atoms with E-state index in [1.165, 1.54) is 0 Å². The maximum Gasteiger partial charge on any atom is 0.451 e. The van der Waals surface area contributed by atoms with Crippen LogP contribution in [0.3, 0.4) is 0 Å². The zero-order valence-corrected chi connectivity index (χ0v) is 11.5. The molecule has 0 spiro atoms. The monoisotopic (exact) mass is 311 g/mol. The first-order valence-electron chi connectivity index (χ1n) is 6.43. The van der Waals surface area contributed by atoms with Crippen molar-refractivity contribution in [3.8, 4) is 11.5 Å². The van der Waals surface area contributed by atoms with Crippen molar-refractivity contribution >= 4 is 5.69 Å². The smallest absolute Gasteiger partial charge is 0.361 e. The maximum absolute atomic E-state index is 12.5. The lowest BCUT2D eigenvalue weighted by atomic mass is 10.3. The van der Waals surface area contributed by atoms with Crippen LogP contribution in [0.2, 0.25) is 0 Å². The molecule has 0 saturated heterocycles. The Morgan fingerprint density at radius 3 is 2.77 bits per heavy atom. The number of nitrogens with zero attached hydrogens (tertiary/aromatic N) is 4. The fourth-order valence-corrected chi connectivity index (χ4v) is 2.14. The topological polar surface area (TPSA) is 66.9 Å². The fourth-order valence-electron chi connectivity index (χ4n) is 2.14. The number of methoxy groups -OCH3 is 1. The van der Waals surface area contributed by atoms with Gasteiger partial charge in [-0.15, -0.1) is 0 Å². The van der Waals surface area contributed by atoms with Crippen LogP contribution in [-0.2, 0) is 10.9 Å². The van der Waals surface area contributed by atoms with Gasteiger partial charge in [0.15, 0.2) is 5.82 Å². The molecular weight excluding hydrogens is 299 g/mol. The minimum absolute atomic E-state index is 0.0980. The largest absolute Gasteiger partial charge is 0.451 e. The number of pyridine rings is 1. The van der Waals surface area contributed by atoms with Gasteiger partial charge < -0.3 is 9.64 Å². The van der Waals surface area contributed by atoms with E-state index in [4.69, 9.17) is 4.74 Å². The second-order valence-corrected chi connectivity index (χ2v) is 4.63. The molecule has 0 bridgehead atoms. The Labute approximate surface area is 123 Å². The van der Waals surface area contributed by atoms with Crippen LogP contribution in [-0.4, -0.2) is 33.5 Å². The molecule has 0 aromatic carbocycles. The molecule has 0 fully saturated rings. The summed E-state index contributed by atoms with van der Waals surface area (Å²) in [5.74, 6) is -1.24. The van der Waals surface area contributed by atoms with Gasteiger partial charge in [0, 0.05) is 19.7 Å². The van der Waals surface area contributed by atoms with Gasteiger partial charge in [0.1, 0.15) is 11.9 Å². The number of alkyl halides is 3. The van der Waals surface area contributed by atoms with Crippen molar-refractivity contribution in [3.05, 3.63) is 36.4 Å². The number of ether oxygens (including phenoxy) is 1. The van der Waals surface area contributed by atoms with Crippen LogP contribution < -0.4 is 4.90 Å². The van der Waals surface area contributed by atoms with E-state index in [1.807, 2.05) is 22.3 Å². The molecule has 0 radical (unpaired) electrons. The number of aromatic amines is 1. The average molecular weight is 311 g/mol. The Bertz CT molecular complexity index is 680. The van der Waals surface area contributed by atoms with E-state index in [0.717, 1.165) is 12.1 Å². The predicted octanol–water partition coefficient (Wildman–Crippen LogP) is 2.58. The van der Waals surface area contributed by atoms with Gasteiger partial charge >= 0.3 is 6.18 Å². The van der Waals surface area contributed by atoms with Crippen molar-refractivity contribution in [1.29, 1.82) is 0 Å². The molecule has 1 atom stereocenters. The molecule has 1 aliphatic rings. The highest BCUT2D eigenvalue weighted by Crippen LogP contribution is 2.28. The normalized spacial score (nSPS) is 18.2. The third-order valence-corrected chi connectivity index (χ3v) is 3.22. The minimum atomic E-state index is -4.56. The SMILES string of the molecule is COC1CC=CN1c1ccc(-c2n[nH]c(C(F)(F)F)n2)nc1. The Kier molecular flexibility index (Phi) is 3.57. The van der Waals surface area contributed by atoms with Gasteiger partial charge in [-0.25, -0.2) is 4.98 Å². The molecule has 9 heteroatoms. The number of anilines is 1. The van der Waals surface area contributed by atoms with Gasteiger partial charge in [0.25, 0.3) is 0 Å². The van der Waals surface area contributed by atoms with Crippen molar-refractivity contribution < 1.29 is 17.9 Å². The van der Waals surface area contributed by atoms with Crippen molar-refractivity contribution in [3.63, 3.8) is 0 Å². The molecule has 2 aromatic rings. The highest BCUT2D eigenvalue weighted by molar-refractivity contribution is 5.56. The molecule has 116 valence electrons. The molecular formula is C13H12F3N5O. The van der Waals surface area contributed by atoms with Crippen LogP contribution in [0.1, 0.15) is 12.2 Å². The van der Waals surface area contributed by atoms with E-state index in [1.54, 1.807) is 25.4 Å². The fraction of sp³-hybridized carbons (Fsp3) is 0.308. The molecule has 3 heterocycles. The van der Waals surface area contributed by atoms with Gasteiger partial charge in [-0.05, 0) is 12.1 Å². The maximum atomic E-state index is 12.5. The van der Waals surface area contributed by atoms with E-state index >= 15 is 0 Å². The molecule has 2 aromatic heterocycles. The van der Waals surface area contributed by atoms with Gasteiger partial charge in [-0.1, -0.05) is 6.08 Å². The number of rotatable bonds is 3. The van der Waals surface area contributed by atoms with E-state index in [2.05, 4.69) is 15.1 Å². The molecule has 1 N–H and O–H groups in total. The van der Waals surface area contributed by atoms with Crippen LogP contribution in [0.5, 0.6) is 0 Å². The van der Waals surface area contributed by atoms with Gasteiger partial charge in [-0.3, -0.25) is 10.1 Å². The van der Waals surface area contributed by atoms with E-state index in [-0.39, 0.29) is 17.7 Å². The third-order valence-electron chi connectivity index (χ3n) is 3.22. The van der Waals surface area contributed by atoms with Crippen molar-refractivity contribution in [2.45, 2.75) is 18.8 Å². The summed E-state index contributed by atoms with van der Waals surface area (Å²) >= 11 is 0. The highest BCUT2D eigenvalue weighted by Gasteiger charge is 2.35. The summed E-state index contributed by atoms with van der Waals surface area (Å²) in [5, 5.41) is 5.40. The number of H-pyrrole nitrogens is 1. The first-order chi connectivity index (χ1) is 10.5. The summed E-state index contributed by atoms with van der Waals surface area (Å²) in [4.78, 5) is 9.40. The molecule has 0 amide bonds. The van der Waals surface area contributed by atoms with Crippen molar-refractivity contribution in [2.24, 2.45) is 0 Å². The van der Waals surface area contributed by atoms with E-state index in [9.17, 15) is 13.2 Å². The molecule has 0 aliphatic carbocycles. The lowest BCUT2D eigenvalue weighted by molar-refractivity contribution is -0.144. The molecule has 6 nitrogen and oxygen atoms in total. The van der Waals surface area contributed by atoms with Crippen LogP contribution in [0.25, 0.3) is 11.5 Å². The average Bonchev–Trinajstić information content (AvgIpc) is 3.16. The molecule has 3 rings (SSSR count). The zero-order chi connectivity index (χ0) is 15.7. The second-order valence-electron chi connectivity index (χ2n) is 4.63. The number of hydrogen-bond acceptors (Lipinski definition) is 5. The summed E-state index contributed by atoms with van der Waals surface area (Å²) in [7, 11) is 1.61. The lowest BCUT2D eigenvalue weighted by Gasteiger charge is -2.23. The Morgan fingerprint density at radius 1 is 1.36 bits per heavy atom. The van der Waals surface area contributed by atoms with E-state index < -0.39 is 12.0 Å². The second kappa shape index (κ2) is 5.41. The first-order valence-corrected chi connectivity index (χ1v) is 6.43. The van der Waals surface area contributed by atoms with Crippen molar-refractivity contribution in [1.82, 2.24) is 20.2 Å². The van der Waals surface area contributed by atoms with Crippen LogP contribution in [0, 0.1) is 0 Å². The Morgan fingerprint density at radius 2 is 2.18 bits per heavy atom. The Balaban J connectivity index is 1.82. The quantitative estimate of drug-likeness (QED) is 0.943. The third kappa shape index (κ3) is 2.67. The Hall–Kier alpha value is -2.42. The number of hydrogen-bond donors (Lipinski definition) is 1. The molecule has 22 heavy (non-hydrogen) atoms. The highest BCUT2D eigenvalue weighted by atomic mass is 19.4. The first kappa shape index (κ1) is 14.5. The molecule has 1 aliphatic heterocycles. The summed E-state index contributed by atoms with van der Waals surface area (Å²) in [6.45, 7) is 0. The van der Waals surface area contributed by atoms with Crippen LogP contribution >= 0.6 is 0 Å². The number of halogens is 3. The molecule has 0 saturated carbocycles. The summed E-state index contributed by atoms with van der Waals surface area (Å²) in [6, 6.07) is 3.30. The van der Waals surface area contributed by atoms with Gasteiger partial charge in [0.2, 0.25) is 5.82 Å². The van der Waals surface area contributed by atoms with Crippen molar-refractivity contribution in [2.75, 3.05) is 12.0 Å². The number of nitrogens with one attached hydrogen (secondary N) is 1. The number of aromatic nitrogens is 4. The van der Waals surface area contributed by atoms with E-state index in [0.29, 0.717) is 0 Å². The standard InChI is InChI=1S/C13H12F3N5O/c1-22-10-3-2-6-21(10)8-4-5-9(17-7-8)11-18-12(20-19-11)13(14,15)16/h2,4-7,10H,3H2,1H3,(H,18,19,20). The van der Waals surface area contributed by atoms with Gasteiger partial charge in [-0.2, -0.15) is 18.3 Å². The van der Waals surface area contributed by atoms with Crippen LogP contribution in [0.4, 0.5) is 18.9 Å². The summed E-state index contributed by atoms with van der Waals surface area (Å²) < 4.78 is 42.8.